The Morgan fingerprint density at radius 1 is 0.935 bits per heavy atom. The van der Waals surface area contributed by atoms with Gasteiger partial charge in [-0.1, -0.05) is 23.2 Å². The summed E-state index contributed by atoms with van der Waals surface area (Å²) >= 11 is 11.8. The molecular weight excluding hydrogens is 447 g/mol. The molecule has 9 nitrogen and oxygen atoms in total. The summed E-state index contributed by atoms with van der Waals surface area (Å²) in [5.41, 5.74) is 0.192. The summed E-state index contributed by atoms with van der Waals surface area (Å²) < 4.78 is 5.11. The van der Waals surface area contributed by atoms with Crippen molar-refractivity contribution < 1.29 is 23.6 Å². The Bertz CT molecular complexity index is 972. The van der Waals surface area contributed by atoms with E-state index in [9.17, 15) is 19.2 Å². The van der Waals surface area contributed by atoms with Gasteiger partial charge in [0, 0.05) is 31.2 Å². The van der Waals surface area contributed by atoms with Gasteiger partial charge in [-0.2, -0.15) is 0 Å². The molecule has 4 amide bonds. The number of carbonyl (C=O) groups excluding carboxylic acids is 4. The normalized spacial score (nSPS) is 13.6. The number of nitrogens with one attached hydrogen (secondary N) is 2. The minimum absolute atomic E-state index is 0.172. The molecule has 164 valence electrons. The molecule has 31 heavy (non-hydrogen) atoms. The Kier molecular flexibility index (Phi) is 7.54. The molecule has 0 spiro atoms. The molecule has 0 atom stereocenters. The smallest absolute Gasteiger partial charge is 0.289 e. The molecule has 1 aliphatic heterocycles. The zero-order valence-electron chi connectivity index (χ0n) is 16.4. The molecule has 1 fully saturated rings. The van der Waals surface area contributed by atoms with Crippen LogP contribution in [-0.4, -0.2) is 72.7 Å². The number of halogens is 2. The van der Waals surface area contributed by atoms with E-state index in [1.54, 1.807) is 21.9 Å². The van der Waals surface area contributed by atoms with E-state index in [0.717, 1.165) is 0 Å². The fourth-order valence-corrected chi connectivity index (χ4v) is 3.49. The van der Waals surface area contributed by atoms with Crippen molar-refractivity contribution in [2.45, 2.75) is 0 Å². The Balaban J connectivity index is 1.38. The average Bonchev–Trinajstić information content (AvgIpc) is 3.30. The largest absolute Gasteiger partial charge is 0.459 e. The van der Waals surface area contributed by atoms with Crippen LogP contribution in [0.1, 0.15) is 20.9 Å². The first kappa shape index (κ1) is 22.6. The molecule has 1 saturated heterocycles. The molecule has 1 aromatic heterocycles. The number of nitrogens with zero attached hydrogens (tertiary/aromatic N) is 2. The van der Waals surface area contributed by atoms with Crippen molar-refractivity contribution in [1.82, 2.24) is 20.4 Å². The van der Waals surface area contributed by atoms with Gasteiger partial charge < -0.3 is 24.9 Å². The number of rotatable bonds is 6. The van der Waals surface area contributed by atoms with E-state index >= 15 is 0 Å². The molecule has 0 bridgehead atoms. The lowest BCUT2D eigenvalue weighted by molar-refractivity contribution is -0.133. The van der Waals surface area contributed by atoms with Gasteiger partial charge in [0.05, 0.1) is 29.9 Å². The topological polar surface area (TPSA) is 112 Å². The molecule has 3 rings (SSSR count). The number of piperazine rings is 1. The maximum Gasteiger partial charge on any atom is 0.289 e. The van der Waals surface area contributed by atoms with Gasteiger partial charge in [-0.3, -0.25) is 19.2 Å². The van der Waals surface area contributed by atoms with Crippen molar-refractivity contribution in [2.75, 3.05) is 39.3 Å². The van der Waals surface area contributed by atoms with Gasteiger partial charge in [0.1, 0.15) is 0 Å². The monoisotopic (exact) mass is 466 g/mol. The Morgan fingerprint density at radius 3 is 2.29 bits per heavy atom. The molecule has 0 aliphatic carbocycles. The molecule has 0 unspecified atom stereocenters. The molecule has 2 N–H and O–H groups in total. The average molecular weight is 467 g/mol. The molecule has 11 heteroatoms. The van der Waals surface area contributed by atoms with Crippen LogP contribution < -0.4 is 10.6 Å². The highest BCUT2D eigenvalue weighted by molar-refractivity contribution is 6.36. The van der Waals surface area contributed by atoms with Crippen molar-refractivity contribution in [2.24, 2.45) is 0 Å². The second-order valence-electron chi connectivity index (χ2n) is 6.73. The van der Waals surface area contributed by atoms with Crippen LogP contribution in [0.25, 0.3) is 0 Å². The van der Waals surface area contributed by atoms with Crippen LogP contribution in [0.2, 0.25) is 10.0 Å². The zero-order chi connectivity index (χ0) is 22.4. The van der Waals surface area contributed by atoms with Crippen LogP contribution in [-0.2, 0) is 9.59 Å². The zero-order valence-corrected chi connectivity index (χ0v) is 17.9. The van der Waals surface area contributed by atoms with Crippen LogP contribution in [0.3, 0.4) is 0 Å². The van der Waals surface area contributed by atoms with Crippen LogP contribution in [0.4, 0.5) is 0 Å². The van der Waals surface area contributed by atoms with E-state index in [1.807, 2.05) is 0 Å². The van der Waals surface area contributed by atoms with Gasteiger partial charge in [0.2, 0.25) is 11.8 Å². The highest BCUT2D eigenvalue weighted by atomic mass is 35.5. The summed E-state index contributed by atoms with van der Waals surface area (Å²) in [6, 6.07) is 7.64. The second kappa shape index (κ2) is 10.3. The lowest BCUT2D eigenvalue weighted by Gasteiger charge is -2.34. The molecule has 0 radical (unpaired) electrons. The SMILES string of the molecule is O=C(CNC(=O)c1ccc(Cl)cc1Cl)NCC(=O)N1CCN(C(=O)c2ccco2)CC1. The summed E-state index contributed by atoms with van der Waals surface area (Å²) in [7, 11) is 0. The van der Waals surface area contributed by atoms with Crippen molar-refractivity contribution in [1.29, 1.82) is 0 Å². The highest BCUT2D eigenvalue weighted by Crippen LogP contribution is 2.20. The van der Waals surface area contributed by atoms with Crippen molar-refractivity contribution in [3.05, 3.63) is 58.0 Å². The van der Waals surface area contributed by atoms with E-state index in [4.69, 9.17) is 27.6 Å². The van der Waals surface area contributed by atoms with Gasteiger partial charge in [0.15, 0.2) is 5.76 Å². The number of furan rings is 1. The highest BCUT2D eigenvalue weighted by Gasteiger charge is 2.26. The Morgan fingerprint density at radius 2 is 1.65 bits per heavy atom. The third kappa shape index (κ3) is 5.99. The number of amides is 4. The molecule has 1 aromatic carbocycles. The van der Waals surface area contributed by atoms with E-state index in [2.05, 4.69) is 10.6 Å². The van der Waals surface area contributed by atoms with Gasteiger partial charge >= 0.3 is 0 Å². The molecular formula is C20H20Cl2N4O5. The third-order valence-corrected chi connectivity index (χ3v) is 5.22. The minimum Gasteiger partial charge on any atom is -0.459 e. The summed E-state index contributed by atoms with van der Waals surface area (Å²) in [5, 5.41) is 5.47. The van der Waals surface area contributed by atoms with Crippen molar-refractivity contribution in [3.63, 3.8) is 0 Å². The van der Waals surface area contributed by atoms with E-state index in [0.29, 0.717) is 31.2 Å². The predicted octanol–water partition coefficient (Wildman–Crippen LogP) is 1.42. The lowest BCUT2D eigenvalue weighted by Crippen LogP contribution is -2.53. The van der Waals surface area contributed by atoms with Crippen LogP contribution in [0, 0.1) is 0 Å². The van der Waals surface area contributed by atoms with Crippen LogP contribution >= 0.6 is 23.2 Å². The number of hydrogen-bond acceptors (Lipinski definition) is 5. The van der Waals surface area contributed by atoms with E-state index in [1.165, 1.54) is 24.5 Å². The lowest BCUT2D eigenvalue weighted by atomic mass is 10.2. The summed E-state index contributed by atoms with van der Waals surface area (Å²) in [6.07, 6.45) is 1.43. The maximum absolute atomic E-state index is 12.3. The molecule has 0 saturated carbocycles. The maximum atomic E-state index is 12.3. The Hall–Kier alpha value is -3.04. The number of hydrogen-bond donors (Lipinski definition) is 2. The van der Waals surface area contributed by atoms with Gasteiger partial charge in [-0.05, 0) is 30.3 Å². The van der Waals surface area contributed by atoms with Gasteiger partial charge in [0.25, 0.3) is 11.8 Å². The molecule has 2 heterocycles. The summed E-state index contributed by atoms with van der Waals surface area (Å²) in [6.45, 7) is 0.938. The molecule has 2 aromatic rings. The minimum atomic E-state index is -0.527. The number of carbonyl (C=O) groups is 4. The van der Waals surface area contributed by atoms with E-state index < -0.39 is 11.8 Å². The first-order valence-corrected chi connectivity index (χ1v) is 10.2. The predicted molar refractivity (Wildman–Crippen MR) is 113 cm³/mol. The van der Waals surface area contributed by atoms with Crippen molar-refractivity contribution >= 4 is 46.8 Å². The standard InChI is InChI=1S/C20H20Cl2N4O5/c21-13-3-4-14(15(22)10-13)19(29)24-11-17(27)23-12-18(28)25-5-7-26(8-6-25)20(30)16-2-1-9-31-16/h1-4,9-10H,5-8,11-12H2,(H,23,27)(H,24,29). The third-order valence-electron chi connectivity index (χ3n) is 4.67. The van der Waals surface area contributed by atoms with E-state index in [-0.39, 0.29) is 41.3 Å². The first-order valence-electron chi connectivity index (χ1n) is 9.45. The van der Waals surface area contributed by atoms with Gasteiger partial charge in [-0.25, -0.2) is 0 Å². The molecule has 1 aliphatic rings. The fraction of sp³-hybridized carbons (Fsp3) is 0.300. The first-order chi connectivity index (χ1) is 14.8. The second-order valence-corrected chi connectivity index (χ2v) is 7.58. The van der Waals surface area contributed by atoms with Crippen molar-refractivity contribution in [3.8, 4) is 0 Å². The number of benzene rings is 1. The van der Waals surface area contributed by atoms with Gasteiger partial charge in [-0.15, -0.1) is 0 Å². The van der Waals surface area contributed by atoms with Crippen LogP contribution in [0.5, 0.6) is 0 Å². The summed E-state index contributed by atoms with van der Waals surface area (Å²) in [4.78, 5) is 51.8. The van der Waals surface area contributed by atoms with Crippen LogP contribution in [0.15, 0.2) is 41.0 Å². The fourth-order valence-electron chi connectivity index (χ4n) is 2.99. The quantitative estimate of drug-likeness (QED) is 0.668. The Labute approximate surface area is 188 Å². The summed E-state index contributed by atoms with van der Waals surface area (Å²) in [5.74, 6) is -1.28.